The lowest BCUT2D eigenvalue weighted by Gasteiger charge is -2.01. The van der Waals surface area contributed by atoms with E-state index in [0.717, 1.165) is 22.1 Å². The summed E-state index contributed by atoms with van der Waals surface area (Å²) in [7, 11) is 0. The van der Waals surface area contributed by atoms with Gasteiger partial charge >= 0.3 is 5.63 Å². The molecule has 4 rings (SSSR count). The van der Waals surface area contributed by atoms with Crippen molar-refractivity contribution in [3.05, 3.63) is 70.1 Å². The molecule has 0 N–H and O–H groups in total. The van der Waals surface area contributed by atoms with Crippen LogP contribution in [0.25, 0.3) is 33.8 Å². The Balaban J connectivity index is 1.82. The zero-order valence-electron chi connectivity index (χ0n) is 13.2. The van der Waals surface area contributed by atoms with Gasteiger partial charge in [-0.05, 0) is 25.5 Å². The molecular formula is C19H14N2O3. The SMILES string of the molecule is Cc1ccc(-c2noc(-c3cc4cccc(C)c4oc3=O)n2)cc1. The molecule has 4 aromatic rings. The second-order valence-corrected chi connectivity index (χ2v) is 5.73. The molecule has 118 valence electrons. The predicted octanol–water partition coefficient (Wildman–Crippen LogP) is 4.13. The van der Waals surface area contributed by atoms with Gasteiger partial charge in [0.15, 0.2) is 0 Å². The average molecular weight is 318 g/mol. The summed E-state index contributed by atoms with van der Waals surface area (Å²) in [4.78, 5) is 16.6. The van der Waals surface area contributed by atoms with E-state index in [1.54, 1.807) is 6.07 Å². The van der Waals surface area contributed by atoms with Gasteiger partial charge in [-0.2, -0.15) is 4.98 Å². The van der Waals surface area contributed by atoms with E-state index in [1.807, 2.05) is 56.3 Å². The van der Waals surface area contributed by atoms with Crippen LogP contribution in [0.15, 0.2) is 62.3 Å². The molecular weight excluding hydrogens is 304 g/mol. The third kappa shape index (κ3) is 2.40. The van der Waals surface area contributed by atoms with Gasteiger partial charge in [-0.15, -0.1) is 0 Å². The highest BCUT2D eigenvalue weighted by molar-refractivity contribution is 5.82. The normalized spacial score (nSPS) is 11.1. The van der Waals surface area contributed by atoms with Crippen LogP contribution in [0.4, 0.5) is 0 Å². The number of fused-ring (bicyclic) bond motifs is 1. The maximum absolute atomic E-state index is 12.3. The smallest absolute Gasteiger partial charge is 0.349 e. The number of benzene rings is 2. The Labute approximate surface area is 137 Å². The highest BCUT2D eigenvalue weighted by Gasteiger charge is 2.16. The molecule has 0 saturated heterocycles. The second-order valence-electron chi connectivity index (χ2n) is 5.73. The van der Waals surface area contributed by atoms with Crippen LogP contribution in [0.5, 0.6) is 0 Å². The quantitative estimate of drug-likeness (QED) is 0.520. The van der Waals surface area contributed by atoms with Crippen molar-refractivity contribution in [3.8, 4) is 22.8 Å². The number of para-hydroxylation sites is 1. The van der Waals surface area contributed by atoms with Crippen LogP contribution in [0.1, 0.15) is 11.1 Å². The summed E-state index contributed by atoms with van der Waals surface area (Å²) < 4.78 is 10.7. The number of hydrogen-bond donors (Lipinski definition) is 0. The molecule has 0 bridgehead atoms. The monoisotopic (exact) mass is 318 g/mol. The fourth-order valence-corrected chi connectivity index (χ4v) is 2.59. The maximum Gasteiger partial charge on any atom is 0.349 e. The summed E-state index contributed by atoms with van der Waals surface area (Å²) in [5, 5.41) is 4.78. The van der Waals surface area contributed by atoms with Crippen LogP contribution in [-0.2, 0) is 0 Å². The lowest BCUT2D eigenvalue weighted by atomic mass is 10.1. The van der Waals surface area contributed by atoms with Gasteiger partial charge in [0.25, 0.3) is 5.89 Å². The summed E-state index contributed by atoms with van der Waals surface area (Å²) >= 11 is 0. The topological polar surface area (TPSA) is 69.1 Å². The molecule has 2 aromatic carbocycles. The van der Waals surface area contributed by atoms with E-state index >= 15 is 0 Å². The predicted molar refractivity (Wildman–Crippen MR) is 90.7 cm³/mol. The van der Waals surface area contributed by atoms with Gasteiger partial charge in [-0.3, -0.25) is 0 Å². The van der Waals surface area contributed by atoms with E-state index in [-0.39, 0.29) is 11.5 Å². The van der Waals surface area contributed by atoms with E-state index in [1.165, 1.54) is 0 Å². The first-order chi connectivity index (χ1) is 11.6. The van der Waals surface area contributed by atoms with Gasteiger partial charge < -0.3 is 8.94 Å². The molecule has 0 fully saturated rings. The Morgan fingerprint density at radius 3 is 2.58 bits per heavy atom. The van der Waals surface area contributed by atoms with E-state index in [9.17, 15) is 4.79 Å². The van der Waals surface area contributed by atoms with Crippen molar-refractivity contribution in [1.29, 1.82) is 0 Å². The molecule has 2 heterocycles. The van der Waals surface area contributed by atoms with Gasteiger partial charge in [0.1, 0.15) is 11.1 Å². The largest absolute Gasteiger partial charge is 0.422 e. The van der Waals surface area contributed by atoms with Crippen LogP contribution < -0.4 is 5.63 Å². The zero-order valence-corrected chi connectivity index (χ0v) is 13.2. The number of hydrogen-bond acceptors (Lipinski definition) is 5. The first kappa shape index (κ1) is 14.4. The van der Waals surface area contributed by atoms with Crippen molar-refractivity contribution >= 4 is 11.0 Å². The number of nitrogens with zero attached hydrogens (tertiary/aromatic N) is 2. The highest BCUT2D eigenvalue weighted by Crippen LogP contribution is 2.24. The number of aromatic nitrogens is 2. The Morgan fingerprint density at radius 2 is 1.79 bits per heavy atom. The summed E-state index contributed by atoms with van der Waals surface area (Å²) in [5.41, 5.74) is 3.23. The first-order valence-corrected chi connectivity index (χ1v) is 7.56. The van der Waals surface area contributed by atoms with Gasteiger partial charge in [-0.1, -0.05) is 53.2 Å². The van der Waals surface area contributed by atoms with Crippen molar-refractivity contribution in [2.75, 3.05) is 0 Å². The summed E-state index contributed by atoms with van der Waals surface area (Å²) in [6, 6.07) is 15.2. The molecule has 0 atom stereocenters. The fraction of sp³-hybridized carbons (Fsp3) is 0.105. The molecule has 0 radical (unpaired) electrons. The summed E-state index contributed by atoms with van der Waals surface area (Å²) in [5.74, 6) is 0.594. The van der Waals surface area contributed by atoms with E-state index in [2.05, 4.69) is 10.1 Å². The van der Waals surface area contributed by atoms with Gasteiger partial charge in [0.2, 0.25) is 5.82 Å². The number of aryl methyl sites for hydroxylation is 2. The third-order valence-corrected chi connectivity index (χ3v) is 3.92. The Hall–Kier alpha value is -3.21. The molecule has 0 aliphatic rings. The zero-order chi connectivity index (χ0) is 16.7. The second kappa shape index (κ2) is 5.45. The Morgan fingerprint density at radius 1 is 1.00 bits per heavy atom. The van der Waals surface area contributed by atoms with E-state index in [4.69, 9.17) is 8.94 Å². The van der Waals surface area contributed by atoms with Gasteiger partial charge in [-0.25, -0.2) is 4.79 Å². The minimum Gasteiger partial charge on any atom is -0.422 e. The molecule has 0 unspecified atom stereocenters. The molecule has 24 heavy (non-hydrogen) atoms. The molecule has 5 heteroatoms. The third-order valence-electron chi connectivity index (χ3n) is 3.92. The van der Waals surface area contributed by atoms with Crippen molar-refractivity contribution in [3.63, 3.8) is 0 Å². The van der Waals surface area contributed by atoms with Crippen LogP contribution in [0, 0.1) is 13.8 Å². The standard InChI is InChI=1S/C19H14N2O3/c1-11-6-8-13(9-7-11)17-20-18(24-21-17)15-10-14-5-3-4-12(2)16(14)23-19(15)22/h3-10H,1-2H3. The first-order valence-electron chi connectivity index (χ1n) is 7.56. The van der Waals surface area contributed by atoms with Crippen LogP contribution in [0.2, 0.25) is 0 Å². The van der Waals surface area contributed by atoms with Crippen LogP contribution in [0.3, 0.4) is 0 Å². The Bertz CT molecular complexity index is 1090. The van der Waals surface area contributed by atoms with Crippen molar-refractivity contribution in [2.24, 2.45) is 0 Å². The molecule has 0 amide bonds. The van der Waals surface area contributed by atoms with Gasteiger partial charge in [0.05, 0.1) is 0 Å². The number of rotatable bonds is 2. The molecule has 0 aliphatic heterocycles. The average Bonchev–Trinajstić information content (AvgIpc) is 3.06. The molecule has 0 saturated carbocycles. The van der Waals surface area contributed by atoms with Crippen LogP contribution >= 0.6 is 0 Å². The molecule has 2 aromatic heterocycles. The van der Waals surface area contributed by atoms with Crippen molar-refractivity contribution in [1.82, 2.24) is 10.1 Å². The molecule has 5 nitrogen and oxygen atoms in total. The van der Waals surface area contributed by atoms with Gasteiger partial charge in [0, 0.05) is 10.9 Å². The van der Waals surface area contributed by atoms with E-state index < -0.39 is 5.63 Å². The highest BCUT2D eigenvalue weighted by atomic mass is 16.5. The minimum atomic E-state index is -0.490. The van der Waals surface area contributed by atoms with Crippen molar-refractivity contribution in [2.45, 2.75) is 13.8 Å². The summed E-state index contributed by atoms with van der Waals surface area (Å²) in [6.07, 6.45) is 0. The summed E-state index contributed by atoms with van der Waals surface area (Å²) in [6.45, 7) is 3.90. The Kier molecular flexibility index (Phi) is 3.27. The lowest BCUT2D eigenvalue weighted by molar-refractivity contribution is 0.429. The lowest BCUT2D eigenvalue weighted by Crippen LogP contribution is -2.03. The minimum absolute atomic E-state index is 0.155. The molecule has 0 spiro atoms. The van der Waals surface area contributed by atoms with Crippen LogP contribution in [-0.4, -0.2) is 10.1 Å². The fourth-order valence-electron chi connectivity index (χ4n) is 2.59. The molecule has 0 aliphatic carbocycles. The van der Waals surface area contributed by atoms with E-state index in [0.29, 0.717) is 11.4 Å². The maximum atomic E-state index is 12.3. The van der Waals surface area contributed by atoms with Crippen molar-refractivity contribution < 1.29 is 8.94 Å².